The predicted molar refractivity (Wildman–Crippen MR) is 222 cm³/mol. The number of anilines is 1. The number of aryl methyl sites for hydroxylation is 4. The van der Waals surface area contributed by atoms with E-state index >= 15 is 0 Å². The van der Waals surface area contributed by atoms with E-state index < -0.39 is 17.7 Å². The molecule has 5 aromatic heterocycles. The molecule has 5 heterocycles. The summed E-state index contributed by atoms with van der Waals surface area (Å²) in [4.78, 5) is 57.3. The predicted octanol–water partition coefficient (Wildman–Crippen LogP) is 4.69. The number of fused-ring (bicyclic) bond motifs is 4. The van der Waals surface area contributed by atoms with Crippen LogP contribution in [0.4, 0.5) is 5.95 Å². The molecule has 0 spiro atoms. The molecule has 0 saturated carbocycles. The molecular weight excluding hydrogens is 757 g/mol. The normalized spacial score (nSPS) is 11.7. The first kappa shape index (κ1) is 40.1. The summed E-state index contributed by atoms with van der Waals surface area (Å²) in [6, 6.07) is 8.42. The smallest absolute Gasteiger partial charge is 0.295 e. The number of carbonyl (C=O) groups excluding carboxylic acids is 3. The number of amides is 3. The minimum atomic E-state index is -0.657. The van der Waals surface area contributed by atoms with Crippen molar-refractivity contribution in [2.24, 2.45) is 11.5 Å². The molecule has 6 N–H and O–H groups in total. The van der Waals surface area contributed by atoms with Crippen LogP contribution in [-0.4, -0.2) is 83.9 Å². The van der Waals surface area contributed by atoms with Gasteiger partial charge < -0.3 is 39.8 Å². The minimum absolute atomic E-state index is 0.0808. The number of benzene rings is 2. The highest BCUT2D eigenvalue weighted by atomic mass is 16.5. The summed E-state index contributed by atoms with van der Waals surface area (Å²) < 4.78 is 23.3. The van der Waals surface area contributed by atoms with Gasteiger partial charge in [0.2, 0.25) is 23.5 Å². The number of allylic oxidation sites excluding steroid dienone is 2. The molecule has 3 amide bonds. The van der Waals surface area contributed by atoms with E-state index in [1.54, 1.807) is 35.9 Å². The SMILES string of the molecule is CCc1nc(C)oc1C(=O)Nc1nc2cc(C(N)=O)cc(OC)c2n1C/C=C/Cn1c2nc(-c3cc(C)nn3CC)ncc2c2cc(C(N)=O)cc(OCCCNC)c21. The summed E-state index contributed by atoms with van der Waals surface area (Å²) in [6.45, 7) is 9.74. The first-order valence-electron chi connectivity index (χ1n) is 19.2. The Kier molecular flexibility index (Phi) is 11.4. The van der Waals surface area contributed by atoms with Gasteiger partial charge in [-0.3, -0.25) is 24.4 Å². The quantitative estimate of drug-likeness (QED) is 0.0725. The van der Waals surface area contributed by atoms with Gasteiger partial charge in [-0.05, 0) is 70.6 Å². The molecule has 7 aromatic rings. The lowest BCUT2D eigenvalue weighted by Gasteiger charge is -2.12. The molecule has 0 fully saturated rings. The van der Waals surface area contributed by atoms with Crippen molar-refractivity contribution >= 4 is 56.6 Å². The summed E-state index contributed by atoms with van der Waals surface area (Å²) >= 11 is 0. The van der Waals surface area contributed by atoms with Crippen LogP contribution in [0.2, 0.25) is 0 Å². The summed E-state index contributed by atoms with van der Waals surface area (Å²) in [6.07, 6.45) is 6.82. The van der Waals surface area contributed by atoms with Crippen molar-refractivity contribution in [1.29, 1.82) is 0 Å². The third kappa shape index (κ3) is 7.81. The zero-order valence-corrected chi connectivity index (χ0v) is 33.8. The van der Waals surface area contributed by atoms with Crippen molar-refractivity contribution in [2.75, 3.05) is 32.6 Å². The number of imidazole rings is 1. The highest BCUT2D eigenvalue weighted by Gasteiger charge is 2.24. The fraction of sp³-hybridized carbons (Fsp3) is 0.317. The first-order chi connectivity index (χ1) is 28.5. The van der Waals surface area contributed by atoms with Crippen LogP contribution in [0.25, 0.3) is 44.5 Å². The van der Waals surface area contributed by atoms with E-state index in [2.05, 4.69) is 20.7 Å². The van der Waals surface area contributed by atoms with Crippen molar-refractivity contribution in [3.05, 3.63) is 82.8 Å². The third-order valence-corrected chi connectivity index (χ3v) is 9.83. The van der Waals surface area contributed by atoms with Crippen LogP contribution in [0.1, 0.15) is 68.8 Å². The van der Waals surface area contributed by atoms with Crippen molar-refractivity contribution in [3.63, 3.8) is 0 Å². The van der Waals surface area contributed by atoms with Crippen LogP contribution in [0.3, 0.4) is 0 Å². The number of hydrogen-bond donors (Lipinski definition) is 4. The van der Waals surface area contributed by atoms with Gasteiger partial charge in [0.15, 0.2) is 11.7 Å². The van der Waals surface area contributed by atoms with Crippen molar-refractivity contribution in [1.82, 2.24) is 44.2 Å². The molecule has 0 atom stereocenters. The first-order valence-corrected chi connectivity index (χ1v) is 19.2. The molecule has 0 unspecified atom stereocenters. The Labute approximate surface area is 338 Å². The van der Waals surface area contributed by atoms with E-state index in [1.807, 2.05) is 55.3 Å². The molecule has 59 heavy (non-hydrogen) atoms. The summed E-state index contributed by atoms with van der Waals surface area (Å²) in [7, 11) is 3.35. The largest absolute Gasteiger partial charge is 0.494 e. The highest BCUT2D eigenvalue weighted by Crippen LogP contribution is 2.37. The number of methoxy groups -OCH3 is 1. The lowest BCUT2D eigenvalue weighted by Crippen LogP contribution is -2.17. The lowest BCUT2D eigenvalue weighted by atomic mass is 10.1. The van der Waals surface area contributed by atoms with E-state index in [0.29, 0.717) is 93.6 Å². The molecule has 0 aliphatic heterocycles. The number of hydrogen-bond acceptors (Lipinski definition) is 12. The standard InChI is InChI=1S/C41H46N12O6/c1-7-28-35(59-23(4)46-28)40(56)49-41-47-29-18-25(37(43)55)19-31(57-6)34(29)52(41)14-10-9-13-51-33-26(17-24(36(42)54)20-32(33)58-15-11-12-44-5)27-21-45-38(48-39(27)51)30-16-22(3)50-53(30)8-2/h9-10,16-21,44H,7-8,11-15H2,1-6H3,(H2,42,54)(H2,43,55)(H,47,49,56)/b10-9+. The topological polar surface area (TPSA) is 238 Å². The Hall–Kier alpha value is -7.08. The van der Waals surface area contributed by atoms with Gasteiger partial charge in [0.05, 0.1) is 36.1 Å². The Bertz CT molecular complexity index is 2770. The van der Waals surface area contributed by atoms with Gasteiger partial charge in [-0.15, -0.1) is 0 Å². The number of nitrogens with one attached hydrogen (secondary N) is 2. The van der Waals surface area contributed by atoms with Gasteiger partial charge in [-0.2, -0.15) is 5.10 Å². The van der Waals surface area contributed by atoms with Crippen molar-refractivity contribution in [3.8, 4) is 23.0 Å². The molecule has 18 heteroatoms. The van der Waals surface area contributed by atoms with Crippen molar-refractivity contribution in [2.45, 2.75) is 60.2 Å². The molecule has 0 radical (unpaired) electrons. The molecule has 306 valence electrons. The molecule has 7 rings (SSSR count). The van der Waals surface area contributed by atoms with Gasteiger partial charge in [0.25, 0.3) is 5.91 Å². The van der Waals surface area contributed by atoms with Crippen LogP contribution in [0, 0.1) is 13.8 Å². The maximum atomic E-state index is 13.6. The van der Waals surface area contributed by atoms with Gasteiger partial charge in [0.1, 0.15) is 28.4 Å². The van der Waals surface area contributed by atoms with Gasteiger partial charge in [-0.1, -0.05) is 19.1 Å². The highest BCUT2D eigenvalue weighted by molar-refractivity contribution is 6.12. The number of carbonyl (C=O) groups is 3. The number of nitrogens with two attached hydrogens (primary N) is 2. The summed E-state index contributed by atoms with van der Waals surface area (Å²) in [5, 5.41) is 12.0. The monoisotopic (exact) mass is 802 g/mol. The number of aromatic nitrogens is 8. The van der Waals surface area contributed by atoms with Crippen molar-refractivity contribution < 1.29 is 28.3 Å². The van der Waals surface area contributed by atoms with Crippen LogP contribution >= 0.6 is 0 Å². The number of rotatable bonds is 17. The van der Waals surface area contributed by atoms with Crippen LogP contribution < -0.4 is 31.6 Å². The van der Waals surface area contributed by atoms with Crippen LogP contribution in [0.5, 0.6) is 11.5 Å². The molecule has 18 nitrogen and oxygen atoms in total. The number of oxazole rings is 1. The van der Waals surface area contributed by atoms with Crippen LogP contribution in [0.15, 0.2) is 53.1 Å². The lowest BCUT2D eigenvalue weighted by molar-refractivity contribution is 0.0987. The van der Waals surface area contributed by atoms with E-state index in [-0.39, 0.29) is 23.8 Å². The summed E-state index contributed by atoms with van der Waals surface area (Å²) in [5.74, 6) is 0.140. The third-order valence-electron chi connectivity index (χ3n) is 9.83. The second-order valence-electron chi connectivity index (χ2n) is 13.8. The van der Waals surface area contributed by atoms with Gasteiger partial charge in [0, 0.05) is 54.7 Å². The van der Waals surface area contributed by atoms with E-state index in [1.165, 1.54) is 13.2 Å². The molecule has 0 aliphatic rings. The Morgan fingerprint density at radius 2 is 1.63 bits per heavy atom. The molecule has 0 saturated heterocycles. The Balaban J connectivity index is 1.33. The average molecular weight is 803 g/mol. The zero-order chi connectivity index (χ0) is 42.0. The van der Waals surface area contributed by atoms with Crippen LogP contribution in [-0.2, 0) is 26.1 Å². The second-order valence-corrected chi connectivity index (χ2v) is 13.8. The maximum absolute atomic E-state index is 13.6. The van der Waals surface area contributed by atoms with E-state index in [0.717, 1.165) is 24.4 Å². The zero-order valence-electron chi connectivity index (χ0n) is 33.8. The minimum Gasteiger partial charge on any atom is -0.494 e. The number of nitrogens with zero attached hydrogens (tertiary/aromatic N) is 8. The molecule has 0 aliphatic carbocycles. The second kappa shape index (κ2) is 16.8. The molecule has 0 bridgehead atoms. The molecular formula is C41H46N12O6. The van der Waals surface area contributed by atoms with E-state index in [9.17, 15) is 14.4 Å². The Morgan fingerprint density at radius 1 is 0.898 bits per heavy atom. The fourth-order valence-electron chi connectivity index (χ4n) is 7.12. The van der Waals surface area contributed by atoms with E-state index in [4.69, 9.17) is 40.3 Å². The number of ether oxygens (including phenoxy) is 2. The van der Waals surface area contributed by atoms with Gasteiger partial charge in [-0.25, -0.2) is 19.9 Å². The summed E-state index contributed by atoms with van der Waals surface area (Å²) in [5.41, 5.74) is 16.3. The van der Waals surface area contributed by atoms with Gasteiger partial charge >= 0.3 is 0 Å². The number of primary amides is 2. The average Bonchev–Trinajstić information content (AvgIpc) is 3.98. The Morgan fingerprint density at radius 3 is 2.32 bits per heavy atom. The maximum Gasteiger partial charge on any atom is 0.295 e. The molecule has 2 aromatic carbocycles. The fourth-order valence-corrected chi connectivity index (χ4v) is 7.12.